The van der Waals surface area contributed by atoms with E-state index in [1.807, 2.05) is 24.3 Å². The lowest BCUT2D eigenvalue weighted by Gasteiger charge is -2.39. The summed E-state index contributed by atoms with van der Waals surface area (Å²) in [5, 5.41) is 6.45. The Hall–Kier alpha value is -1.51. The van der Waals surface area contributed by atoms with Crippen LogP contribution in [0.5, 0.6) is 0 Å². The molecule has 1 saturated carbocycles. The van der Waals surface area contributed by atoms with Crippen molar-refractivity contribution in [2.24, 2.45) is 5.41 Å². The van der Waals surface area contributed by atoms with Crippen LogP contribution in [0.3, 0.4) is 0 Å². The highest BCUT2D eigenvalue weighted by molar-refractivity contribution is 5.94. The van der Waals surface area contributed by atoms with E-state index in [0.717, 1.165) is 24.2 Å². The average molecular weight is 274 g/mol. The summed E-state index contributed by atoms with van der Waals surface area (Å²) in [4.78, 5) is 12.3. The van der Waals surface area contributed by atoms with Gasteiger partial charge >= 0.3 is 0 Å². The molecule has 2 rings (SSSR count). The Bertz CT molecular complexity index is 451. The molecule has 0 spiro atoms. The van der Waals surface area contributed by atoms with Crippen molar-refractivity contribution in [2.75, 3.05) is 11.9 Å². The van der Waals surface area contributed by atoms with Crippen LogP contribution < -0.4 is 10.6 Å². The fourth-order valence-corrected chi connectivity index (χ4v) is 2.95. The van der Waals surface area contributed by atoms with Crippen LogP contribution in [-0.4, -0.2) is 18.5 Å². The predicted molar refractivity (Wildman–Crippen MR) is 84.1 cm³/mol. The Morgan fingerprint density at radius 2 is 1.95 bits per heavy atom. The second-order valence-corrected chi connectivity index (χ2v) is 6.37. The number of carbonyl (C=O) groups excluding carboxylic acids is 1. The molecule has 3 heteroatoms. The molecule has 1 atom stereocenters. The minimum atomic E-state index is 0.0491. The second kappa shape index (κ2) is 6.29. The summed E-state index contributed by atoms with van der Waals surface area (Å²) in [7, 11) is 0. The van der Waals surface area contributed by atoms with E-state index in [1.54, 1.807) is 0 Å². The third kappa shape index (κ3) is 3.53. The smallest absolute Gasteiger partial charge is 0.251 e. The molecule has 110 valence electrons. The summed E-state index contributed by atoms with van der Waals surface area (Å²) in [5.74, 6) is 0.0491. The van der Waals surface area contributed by atoms with E-state index in [0.29, 0.717) is 0 Å². The van der Waals surface area contributed by atoms with Gasteiger partial charge in [-0.15, -0.1) is 0 Å². The molecule has 0 heterocycles. The number of rotatable bonds is 4. The van der Waals surface area contributed by atoms with Crippen LogP contribution >= 0.6 is 0 Å². The maximum atomic E-state index is 12.3. The van der Waals surface area contributed by atoms with Gasteiger partial charge in [-0.3, -0.25) is 4.79 Å². The van der Waals surface area contributed by atoms with E-state index < -0.39 is 0 Å². The van der Waals surface area contributed by atoms with Crippen molar-refractivity contribution in [3.8, 4) is 0 Å². The predicted octanol–water partition coefficient (Wildman–Crippen LogP) is 3.82. The van der Waals surface area contributed by atoms with Crippen molar-refractivity contribution in [3.05, 3.63) is 29.8 Å². The van der Waals surface area contributed by atoms with Gasteiger partial charge in [-0.25, -0.2) is 0 Å². The summed E-state index contributed by atoms with van der Waals surface area (Å²) in [5.41, 5.74) is 2.01. The van der Waals surface area contributed by atoms with Crippen LogP contribution in [0, 0.1) is 5.41 Å². The Labute approximate surface area is 122 Å². The maximum absolute atomic E-state index is 12.3. The lowest BCUT2D eigenvalue weighted by Crippen LogP contribution is -2.46. The lowest BCUT2D eigenvalue weighted by molar-refractivity contribution is 0.0853. The normalized spacial score (nSPS) is 21.2. The number of amides is 1. The van der Waals surface area contributed by atoms with Gasteiger partial charge in [0.15, 0.2) is 0 Å². The number of nitrogens with one attached hydrogen (secondary N) is 2. The minimum absolute atomic E-state index is 0.0491. The van der Waals surface area contributed by atoms with E-state index >= 15 is 0 Å². The average Bonchev–Trinajstić information content (AvgIpc) is 2.42. The topological polar surface area (TPSA) is 41.1 Å². The van der Waals surface area contributed by atoms with Gasteiger partial charge in [0.25, 0.3) is 5.91 Å². The summed E-state index contributed by atoms with van der Waals surface area (Å²) in [6.07, 6.45) is 4.77. The summed E-state index contributed by atoms with van der Waals surface area (Å²) >= 11 is 0. The van der Waals surface area contributed by atoms with Gasteiger partial charge in [0.1, 0.15) is 0 Å². The highest BCUT2D eigenvalue weighted by Crippen LogP contribution is 2.35. The van der Waals surface area contributed by atoms with Crippen LogP contribution in [-0.2, 0) is 0 Å². The van der Waals surface area contributed by atoms with Crippen LogP contribution in [0.25, 0.3) is 0 Å². The molecule has 2 N–H and O–H groups in total. The van der Waals surface area contributed by atoms with E-state index in [-0.39, 0.29) is 17.4 Å². The molecule has 20 heavy (non-hydrogen) atoms. The number of hydrogen-bond acceptors (Lipinski definition) is 2. The molecule has 1 amide bonds. The number of hydrogen-bond donors (Lipinski definition) is 2. The Balaban J connectivity index is 2.00. The Kier molecular flexibility index (Phi) is 4.69. The van der Waals surface area contributed by atoms with Gasteiger partial charge in [-0.1, -0.05) is 26.7 Å². The first kappa shape index (κ1) is 14.9. The van der Waals surface area contributed by atoms with Gasteiger partial charge in [-0.05, 0) is 49.4 Å². The molecule has 0 aliphatic heterocycles. The third-order valence-corrected chi connectivity index (χ3v) is 4.34. The zero-order valence-corrected chi connectivity index (χ0v) is 12.8. The first-order chi connectivity index (χ1) is 9.53. The standard InChI is InChI=1S/C17H26N2O/c1-4-18-14-10-8-13(9-11-14)16(20)19-15-7-5-6-12-17(15,2)3/h8-11,15,18H,4-7,12H2,1-3H3,(H,19,20). The van der Waals surface area contributed by atoms with Gasteiger partial charge in [0.2, 0.25) is 0 Å². The third-order valence-electron chi connectivity index (χ3n) is 4.34. The van der Waals surface area contributed by atoms with Crippen molar-refractivity contribution < 1.29 is 4.79 Å². The zero-order chi connectivity index (χ0) is 14.6. The van der Waals surface area contributed by atoms with Crippen LogP contribution in [0.15, 0.2) is 24.3 Å². The molecule has 3 nitrogen and oxygen atoms in total. The van der Waals surface area contributed by atoms with E-state index in [9.17, 15) is 4.79 Å². The van der Waals surface area contributed by atoms with Gasteiger partial charge in [0, 0.05) is 23.8 Å². The summed E-state index contributed by atoms with van der Waals surface area (Å²) in [6.45, 7) is 7.46. The first-order valence-corrected chi connectivity index (χ1v) is 7.68. The van der Waals surface area contributed by atoms with Crippen LogP contribution in [0.4, 0.5) is 5.69 Å². The number of carbonyl (C=O) groups is 1. The molecule has 1 aromatic rings. The highest BCUT2D eigenvalue weighted by atomic mass is 16.1. The van der Waals surface area contributed by atoms with Gasteiger partial charge < -0.3 is 10.6 Å². The molecule has 1 unspecified atom stereocenters. The molecule has 1 aromatic carbocycles. The molecular weight excluding hydrogens is 248 g/mol. The molecule has 0 bridgehead atoms. The monoisotopic (exact) mass is 274 g/mol. The zero-order valence-electron chi connectivity index (χ0n) is 12.8. The van der Waals surface area contributed by atoms with Crippen molar-refractivity contribution in [1.29, 1.82) is 0 Å². The quantitative estimate of drug-likeness (QED) is 0.876. The van der Waals surface area contributed by atoms with Gasteiger partial charge in [0.05, 0.1) is 0 Å². The largest absolute Gasteiger partial charge is 0.385 e. The van der Waals surface area contributed by atoms with Gasteiger partial charge in [-0.2, -0.15) is 0 Å². The Morgan fingerprint density at radius 3 is 2.55 bits per heavy atom. The molecule has 1 aliphatic rings. The second-order valence-electron chi connectivity index (χ2n) is 6.37. The van der Waals surface area contributed by atoms with Crippen molar-refractivity contribution in [1.82, 2.24) is 5.32 Å². The first-order valence-electron chi connectivity index (χ1n) is 7.68. The number of anilines is 1. The molecule has 1 aliphatic carbocycles. The molecule has 0 radical (unpaired) electrons. The minimum Gasteiger partial charge on any atom is -0.385 e. The molecule has 0 saturated heterocycles. The van der Waals surface area contributed by atoms with Crippen molar-refractivity contribution in [2.45, 2.75) is 52.5 Å². The Morgan fingerprint density at radius 1 is 1.25 bits per heavy atom. The summed E-state index contributed by atoms with van der Waals surface area (Å²) < 4.78 is 0. The van der Waals surface area contributed by atoms with E-state index in [4.69, 9.17) is 0 Å². The van der Waals surface area contributed by atoms with Crippen molar-refractivity contribution in [3.63, 3.8) is 0 Å². The van der Waals surface area contributed by atoms with Crippen molar-refractivity contribution >= 4 is 11.6 Å². The SMILES string of the molecule is CCNc1ccc(C(=O)NC2CCCCC2(C)C)cc1. The van der Waals surface area contributed by atoms with E-state index in [2.05, 4.69) is 31.4 Å². The fourth-order valence-electron chi connectivity index (χ4n) is 2.95. The molecular formula is C17H26N2O. The maximum Gasteiger partial charge on any atom is 0.251 e. The molecule has 1 fully saturated rings. The van der Waals surface area contributed by atoms with Crippen LogP contribution in [0.1, 0.15) is 56.8 Å². The highest BCUT2D eigenvalue weighted by Gasteiger charge is 2.33. The summed E-state index contributed by atoms with van der Waals surface area (Å²) in [6, 6.07) is 8.00. The fraction of sp³-hybridized carbons (Fsp3) is 0.588. The van der Waals surface area contributed by atoms with E-state index in [1.165, 1.54) is 19.3 Å². The molecule has 0 aromatic heterocycles. The lowest BCUT2D eigenvalue weighted by atomic mass is 9.73. The van der Waals surface area contributed by atoms with Crippen LogP contribution in [0.2, 0.25) is 0 Å². The number of benzene rings is 1.